The van der Waals surface area contributed by atoms with Gasteiger partial charge in [0.2, 0.25) is 0 Å². The van der Waals surface area contributed by atoms with Crippen LogP contribution in [0.25, 0.3) is 0 Å². The molecule has 1 aromatic carbocycles. The molecule has 0 aliphatic heterocycles. The highest BCUT2D eigenvalue weighted by Crippen LogP contribution is 2.17. The topological polar surface area (TPSA) is 52.4 Å². The van der Waals surface area contributed by atoms with Crippen molar-refractivity contribution in [2.45, 2.75) is 40.0 Å². The fourth-order valence-corrected chi connectivity index (χ4v) is 1.74. The van der Waals surface area contributed by atoms with Crippen LogP contribution in [0.1, 0.15) is 40.0 Å². The molecular weight excluding hydrogens is 266 g/mol. The van der Waals surface area contributed by atoms with Gasteiger partial charge in [-0.3, -0.25) is 10.1 Å². The van der Waals surface area contributed by atoms with E-state index in [1.807, 2.05) is 0 Å². The number of nitro groups is 1. The molecule has 0 unspecified atom stereocenters. The highest BCUT2D eigenvalue weighted by atomic mass is 16.6. The average molecular weight is 289 g/mol. The lowest BCUT2D eigenvalue weighted by atomic mass is 10.1. The van der Waals surface area contributed by atoms with Crippen molar-refractivity contribution >= 4 is 5.69 Å². The summed E-state index contributed by atoms with van der Waals surface area (Å²) in [5, 5.41) is 10.5. The predicted molar refractivity (Wildman–Crippen MR) is 85.6 cm³/mol. The largest absolute Gasteiger partial charge is 0.490 e. The first-order valence-corrected chi connectivity index (χ1v) is 7.21. The maximum Gasteiger partial charge on any atom is 0.269 e. The Labute approximate surface area is 126 Å². The molecule has 1 aromatic rings. The molecule has 0 N–H and O–H groups in total. The molecule has 4 heteroatoms. The number of rotatable bonds is 8. The van der Waals surface area contributed by atoms with Gasteiger partial charge in [-0.15, -0.1) is 0 Å². The molecule has 1 rings (SSSR count). The number of non-ortho nitro benzene ring substituents is 1. The van der Waals surface area contributed by atoms with Gasteiger partial charge in [-0.1, -0.05) is 24.1 Å². The summed E-state index contributed by atoms with van der Waals surface area (Å²) in [6, 6.07) is 6.14. The van der Waals surface area contributed by atoms with E-state index in [-0.39, 0.29) is 5.69 Å². The maximum atomic E-state index is 10.5. The summed E-state index contributed by atoms with van der Waals surface area (Å²) in [5.74, 6) is 0.645. The second-order valence-corrected chi connectivity index (χ2v) is 5.06. The summed E-state index contributed by atoms with van der Waals surface area (Å²) >= 11 is 0. The number of hydrogen-bond acceptors (Lipinski definition) is 3. The van der Waals surface area contributed by atoms with Gasteiger partial charge in [0.25, 0.3) is 5.69 Å². The number of benzene rings is 1. The quantitative estimate of drug-likeness (QED) is 0.382. The van der Waals surface area contributed by atoms with Crippen LogP contribution in [-0.4, -0.2) is 11.5 Å². The lowest BCUT2D eigenvalue weighted by Gasteiger charge is -2.04. The third kappa shape index (κ3) is 6.75. The van der Waals surface area contributed by atoms with E-state index in [2.05, 4.69) is 32.9 Å². The first kappa shape index (κ1) is 17.0. The first-order valence-electron chi connectivity index (χ1n) is 7.21. The zero-order chi connectivity index (χ0) is 15.7. The van der Waals surface area contributed by atoms with Gasteiger partial charge in [0.1, 0.15) is 12.4 Å². The van der Waals surface area contributed by atoms with Gasteiger partial charge in [0.05, 0.1) is 4.92 Å². The Bertz CT molecular complexity index is 515. The van der Waals surface area contributed by atoms with E-state index in [4.69, 9.17) is 4.74 Å². The monoisotopic (exact) mass is 289 g/mol. The van der Waals surface area contributed by atoms with Crippen LogP contribution in [0.5, 0.6) is 5.75 Å². The van der Waals surface area contributed by atoms with Crippen molar-refractivity contribution in [2.24, 2.45) is 0 Å². The average Bonchev–Trinajstić information content (AvgIpc) is 2.47. The van der Waals surface area contributed by atoms with Gasteiger partial charge in [0.15, 0.2) is 0 Å². The molecule has 114 valence electrons. The predicted octanol–water partition coefficient (Wildman–Crippen LogP) is 5.06. The summed E-state index contributed by atoms with van der Waals surface area (Å²) in [6.45, 7) is 6.89. The van der Waals surface area contributed by atoms with E-state index < -0.39 is 4.92 Å². The molecule has 0 radical (unpaired) electrons. The van der Waals surface area contributed by atoms with Crippen LogP contribution in [0.2, 0.25) is 0 Å². The normalized spacial score (nSPS) is 12.3. The smallest absolute Gasteiger partial charge is 0.269 e. The van der Waals surface area contributed by atoms with Gasteiger partial charge in [-0.25, -0.2) is 0 Å². The van der Waals surface area contributed by atoms with E-state index in [0.717, 1.165) is 19.3 Å². The third-order valence-electron chi connectivity index (χ3n) is 3.32. The van der Waals surface area contributed by atoms with Crippen molar-refractivity contribution in [1.82, 2.24) is 0 Å². The Morgan fingerprint density at radius 2 is 1.86 bits per heavy atom. The van der Waals surface area contributed by atoms with Gasteiger partial charge in [-0.2, -0.15) is 0 Å². The standard InChI is InChI=1S/C17H23NO3/c1-4-14(2)6-5-7-15(3)12-13-21-17-10-8-16(9-11-17)18(19)20/h6,8-12H,4-5,7,13H2,1-3H3/b14-6+,15-12+. The summed E-state index contributed by atoms with van der Waals surface area (Å²) in [7, 11) is 0. The first-order chi connectivity index (χ1) is 10.0. The molecule has 4 nitrogen and oxygen atoms in total. The molecule has 0 aliphatic carbocycles. The Hall–Kier alpha value is -2.10. The van der Waals surface area contributed by atoms with Crippen LogP contribution in [0, 0.1) is 10.1 Å². The molecular formula is C17H23NO3. The number of nitrogens with zero attached hydrogens (tertiary/aromatic N) is 1. The number of ether oxygens (including phenoxy) is 1. The molecule has 0 bridgehead atoms. The molecule has 0 saturated heterocycles. The molecule has 21 heavy (non-hydrogen) atoms. The zero-order valence-electron chi connectivity index (χ0n) is 13.0. The minimum Gasteiger partial charge on any atom is -0.490 e. The van der Waals surface area contributed by atoms with Crippen LogP contribution in [0.3, 0.4) is 0 Å². The molecule has 0 saturated carbocycles. The van der Waals surface area contributed by atoms with Crippen LogP contribution in [-0.2, 0) is 0 Å². The molecule has 0 aromatic heterocycles. The van der Waals surface area contributed by atoms with Crippen molar-refractivity contribution in [3.8, 4) is 5.75 Å². The molecule has 0 aliphatic rings. The van der Waals surface area contributed by atoms with Crippen molar-refractivity contribution in [3.05, 3.63) is 57.7 Å². The highest BCUT2D eigenvalue weighted by Gasteiger charge is 2.03. The number of allylic oxidation sites excluding steroid dienone is 3. The van der Waals surface area contributed by atoms with Crippen LogP contribution >= 0.6 is 0 Å². The summed E-state index contributed by atoms with van der Waals surface area (Å²) < 4.78 is 5.55. The van der Waals surface area contributed by atoms with E-state index in [1.165, 1.54) is 23.3 Å². The minimum atomic E-state index is -0.417. The van der Waals surface area contributed by atoms with Crippen molar-refractivity contribution < 1.29 is 9.66 Å². The van der Waals surface area contributed by atoms with Crippen molar-refractivity contribution in [2.75, 3.05) is 6.61 Å². The minimum absolute atomic E-state index is 0.0761. The van der Waals surface area contributed by atoms with Gasteiger partial charge in [0, 0.05) is 12.1 Å². The van der Waals surface area contributed by atoms with E-state index in [0.29, 0.717) is 12.4 Å². The van der Waals surface area contributed by atoms with E-state index in [1.54, 1.807) is 12.1 Å². The molecule has 0 spiro atoms. The lowest BCUT2D eigenvalue weighted by Crippen LogP contribution is -1.95. The molecule has 0 heterocycles. The second-order valence-electron chi connectivity index (χ2n) is 5.06. The molecule has 0 fully saturated rings. The number of hydrogen-bond donors (Lipinski definition) is 0. The highest BCUT2D eigenvalue weighted by molar-refractivity contribution is 5.36. The maximum absolute atomic E-state index is 10.5. The SMILES string of the molecule is CC/C(C)=C/CC/C(C)=C/COc1ccc([N+](=O)[O-])cc1. The van der Waals surface area contributed by atoms with Crippen molar-refractivity contribution in [1.29, 1.82) is 0 Å². The Morgan fingerprint density at radius 1 is 1.19 bits per heavy atom. The van der Waals surface area contributed by atoms with Crippen molar-refractivity contribution in [3.63, 3.8) is 0 Å². The lowest BCUT2D eigenvalue weighted by molar-refractivity contribution is -0.384. The van der Waals surface area contributed by atoms with Crippen LogP contribution in [0.4, 0.5) is 5.69 Å². The van der Waals surface area contributed by atoms with E-state index in [9.17, 15) is 10.1 Å². The Morgan fingerprint density at radius 3 is 2.43 bits per heavy atom. The van der Waals surface area contributed by atoms with E-state index >= 15 is 0 Å². The summed E-state index contributed by atoms with van der Waals surface area (Å²) in [5.41, 5.74) is 2.79. The second kappa shape index (κ2) is 8.95. The number of nitro benzene ring substituents is 1. The molecule has 0 amide bonds. The Kier molecular flexibility index (Phi) is 7.23. The summed E-state index contributed by atoms with van der Waals surface area (Å²) in [4.78, 5) is 10.1. The van der Waals surface area contributed by atoms with Crippen LogP contribution in [0.15, 0.2) is 47.6 Å². The fraction of sp³-hybridized carbons (Fsp3) is 0.412. The van der Waals surface area contributed by atoms with Crippen LogP contribution < -0.4 is 4.74 Å². The van der Waals surface area contributed by atoms with Gasteiger partial charge in [-0.05, 0) is 51.3 Å². The molecule has 0 atom stereocenters. The fourth-order valence-electron chi connectivity index (χ4n) is 1.74. The summed E-state index contributed by atoms with van der Waals surface area (Å²) in [6.07, 6.45) is 7.51. The Balaban J connectivity index is 2.37. The zero-order valence-corrected chi connectivity index (χ0v) is 13.0. The van der Waals surface area contributed by atoms with Gasteiger partial charge < -0.3 is 4.74 Å². The third-order valence-corrected chi connectivity index (χ3v) is 3.32. The van der Waals surface area contributed by atoms with Gasteiger partial charge >= 0.3 is 0 Å².